The van der Waals surface area contributed by atoms with Crippen molar-refractivity contribution in [1.82, 2.24) is 25.6 Å². The number of H-pyrrole nitrogens is 1. The molecule has 3 N–H and O–H groups in total. The van der Waals surface area contributed by atoms with Gasteiger partial charge in [0.25, 0.3) is 5.89 Å². The second-order valence-corrected chi connectivity index (χ2v) is 6.85. The van der Waals surface area contributed by atoms with Crippen molar-refractivity contribution in [1.29, 1.82) is 0 Å². The highest BCUT2D eigenvalue weighted by molar-refractivity contribution is 6.11. The van der Waals surface area contributed by atoms with Crippen molar-refractivity contribution in [3.8, 4) is 22.8 Å². The van der Waals surface area contributed by atoms with Gasteiger partial charge in [0.2, 0.25) is 11.8 Å². The van der Waals surface area contributed by atoms with E-state index in [2.05, 4.69) is 21.2 Å². The van der Waals surface area contributed by atoms with Gasteiger partial charge in [-0.05, 0) is 12.1 Å². The van der Waals surface area contributed by atoms with Crippen molar-refractivity contribution < 1.29 is 14.4 Å². The Kier molecular flexibility index (Phi) is 4.45. The molecular formula is C22H17N5O3. The molecule has 30 heavy (non-hydrogen) atoms. The molecule has 0 aliphatic carbocycles. The molecule has 8 nitrogen and oxygen atoms in total. The molecule has 0 radical (unpaired) electrons. The number of nitrogens with one attached hydrogen (secondary N) is 2. The van der Waals surface area contributed by atoms with E-state index in [1.165, 1.54) is 0 Å². The van der Waals surface area contributed by atoms with Crippen LogP contribution in [-0.4, -0.2) is 31.3 Å². The average molecular weight is 399 g/mol. The van der Waals surface area contributed by atoms with Crippen LogP contribution in [0.3, 0.4) is 0 Å². The normalized spacial score (nSPS) is 11.2. The molecule has 0 saturated carbocycles. The number of hydrogen-bond donors (Lipinski definition) is 3. The van der Waals surface area contributed by atoms with E-state index in [1.54, 1.807) is 5.48 Å². The van der Waals surface area contributed by atoms with Gasteiger partial charge in [-0.25, -0.2) is 10.5 Å². The Hall–Kier alpha value is -4.04. The van der Waals surface area contributed by atoms with Gasteiger partial charge in [0.05, 0.1) is 11.2 Å². The van der Waals surface area contributed by atoms with E-state index >= 15 is 0 Å². The first kappa shape index (κ1) is 18.0. The molecule has 148 valence electrons. The molecule has 1 amide bonds. The third kappa shape index (κ3) is 3.19. The number of aromatic amines is 1. The summed E-state index contributed by atoms with van der Waals surface area (Å²) in [5.74, 6) is 0.0638. The van der Waals surface area contributed by atoms with Crippen LogP contribution in [0.4, 0.5) is 0 Å². The molecule has 0 fully saturated rings. The van der Waals surface area contributed by atoms with Crippen LogP contribution in [0.5, 0.6) is 0 Å². The molecule has 0 saturated heterocycles. The summed E-state index contributed by atoms with van der Waals surface area (Å²) in [4.78, 5) is 19.5. The van der Waals surface area contributed by atoms with Gasteiger partial charge in [0, 0.05) is 34.7 Å². The number of carbonyl (C=O) groups excluding carboxylic acids is 1. The summed E-state index contributed by atoms with van der Waals surface area (Å²) in [6.45, 7) is 0. The number of benzene rings is 2. The second kappa shape index (κ2) is 7.41. The smallest absolute Gasteiger partial charge is 0.266 e. The Balaban J connectivity index is 1.65. The van der Waals surface area contributed by atoms with Crippen LogP contribution in [0.2, 0.25) is 0 Å². The molecule has 5 rings (SSSR count). The van der Waals surface area contributed by atoms with Gasteiger partial charge in [-0.3, -0.25) is 10.0 Å². The van der Waals surface area contributed by atoms with Crippen LogP contribution in [0, 0.1) is 0 Å². The third-order valence-corrected chi connectivity index (χ3v) is 4.92. The van der Waals surface area contributed by atoms with Gasteiger partial charge in [-0.1, -0.05) is 48.5 Å². The van der Waals surface area contributed by atoms with E-state index in [-0.39, 0.29) is 18.7 Å². The minimum Gasteiger partial charge on any atom is -0.419 e. The lowest BCUT2D eigenvalue weighted by Gasteiger charge is -2.05. The monoisotopic (exact) mass is 399 g/mol. The van der Waals surface area contributed by atoms with Crippen LogP contribution < -0.4 is 5.48 Å². The molecule has 0 spiro atoms. The fourth-order valence-electron chi connectivity index (χ4n) is 3.49. The Labute approximate surface area is 170 Å². The molecule has 0 aliphatic rings. The lowest BCUT2D eigenvalue weighted by molar-refractivity contribution is -0.129. The van der Waals surface area contributed by atoms with Crippen molar-refractivity contribution in [3.05, 3.63) is 66.6 Å². The summed E-state index contributed by atoms with van der Waals surface area (Å²) >= 11 is 0. The number of carbonyl (C=O) groups is 1. The number of rotatable bonds is 5. The number of amides is 1. The van der Waals surface area contributed by atoms with Crippen LogP contribution >= 0.6 is 0 Å². The molecule has 5 aromatic rings. The number of pyridine rings is 1. The Bertz CT molecular complexity index is 1360. The average Bonchev–Trinajstić information content (AvgIpc) is 3.42. The number of hydrogen-bond acceptors (Lipinski definition) is 6. The van der Waals surface area contributed by atoms with Crippen LogP contribution in [-0.2, 0) is 11.2 Å². The summed E-state index contributed by atoms with van der Waals surface area (Å²) in [5, 5.41) is 18.8. The molecule has 3 heterocycles. The zero-order chi connectivity index (χ0) is 20.5. The molecule has 2 aromatic carbocycles. The highest BCUT2D eigenvalue weighted by atomic mass is 16.5. The summed E-state index contributed by atoms with van der Waals surface area (Å²) < 4.78 is 5.74. The van der Waals surface area contributed by atoms with Crippen LogP contribution in [0.15, 0.2) is 65.1 Å². The van der Waals surface area contributed by atoms with Gasteiger partial charge in [-0.15, -0.1) is 10.2 Å². The minimum absolute atomic E-state index is 0.0440. The van der Waals surface area contributed by atoms with Crippen LogP contribution in [0.25, 0.3) is 44.6 Å². The molecule has 8 heteroatoms. The van der Waals surface area contributed by atoms with E-state index in [4.69, 9.17) is 14.6 Å². The maximum atomic E-state index is 11.2. The van der Waals surface area contributed by atoms with Crippen molar-refractivity contribution >= 4 is 27.7 Å². The molecule has 0 atom stereocenters. The highest BCUT2D eigenvalue weighted by Gasteiger charge is 2.17. The Morgan fingerprint density at radius 1 is 1.03 bits per heavy atom. The first-order chi connectivity index (χ1) is 14.7. The van der Waals surface area contributed by atoms with Crippen molar-refractivity contribution in [2.24, 2.45) is 0 Å². The predicted molar refractivity (Wildman–Crippen MR) is 111 cm³/mol. The summed E-state index contributed by atoms with van der Waals surface area (Å²) in [7, 11) is 0. The lowest BCUT2D eigenvalue weighted by atomic mass is 10.1. The van der Waals surface area contributed by atoms with E-state index in [1.807, 2.05) is 54.6 Å². The van der Waals surface area contributed by atoms with Crippen LogP contribution in [0.1, 0.15) is 12.3 Å². The maximum Gasteiger partial charge on any atom is 0.266 e. The number of nitrogens with zero attached hydrogens (tertiary/aromatic N) is 3. The second-order valence-electron chi connectivity index (χ2n) is 6.85. The number of fused-ring (bicyclic) bond motifs is 3. The first-order valence-electron chi connectivity index (χ1n) is 9.45. The molecular weight excluding hydrogens is 382 g/mol. The SMILES string of the molecule is O=C(CCc1nnc(-c2cc3c([nH]c4ccccc43)c(-c3ccccc3)n2)o1)NO. The maximum absolute atomic E-state index is 11.2. The van der Waals surface area contributed by atoms with Crippen molar-refractivity contribution in [2.75, 3.05) is 0 Å². The van der Waals surface area contributed by atoms with E-state index in [9.17, 15) is 4.79 Å². The Morgan fingerprint density at radius 3 is 2.67 bits per heavy atom. The van der Waals surface area contributed by atoms with Gasteiger partial charge < -0.3 is 9.40 Å². The quantitative estimate of drug-likeness (QED) is 0.305. The summed E-state index contributed by atoms with van der Waals surface area (Å²) in [6.07, 6.45) is 0.266. The number of aromatic nitrogens is 4. The van der Waals surface area contributed by atoms with Crippen molar-refractivity contribution in [2.45, 2.75) is 12.8 Å². The predicted octanol–water partition coefficient (Wildman–Crippen LogP) is 3.87. The third-order valence-electron chi connectivity index (χ3n) is 4.92. The topological polar surface area (TPSA) is 117 Å². The van der Waals surface area contributed by atoms with Crippen molar-refractivity contribution in [3.63, 3.8) is 0 Å². The molecule has 0 aliphatic heterocycles. The van der Waals surface area contributed by atoms with Gasteiger partial charge in [0.1, 0.15) is 5.69 Å². The Morgan fingerprint density at radius 2 is 1.83 bits per heavy atom. The zero-order valence-electron chi connectivity index (χ0n) is 15.8. The zero-order valence-corrected chi connectivity index (χ0v) is 15.8. The molecule has 0 bridgehead atoms. The largest absolute Gasteiger partial charge is 0.419 e. The highest BCUT2D eigenvalue weighted by Crippen LogP contribution is 2.34. The number of hydroxylamine groups is 1. The van der Waals surface area contributed by atoms with Gasteiger partial charge in [-0.2, -0.15) is 0 Å². The lowest BCUT2D eigenvalue weighted by Crippen LogP contribution is -2.18. The van der Waals surface area contributed by atoms with Gasteiger partial charge >= 0.3 is 0 Å². The van der Waals surface area contributed by atoms with E-state index in [0.717, 1.165) is 33.1 Å². The van der Waals surface area contributed by atoms with E-state index in [0.29, 0.717) is 11.6 Å². The molecule has 0 unspecified atom stereocenters. The summed E-state index contributed by atoms with van der Waals surface area (Å²) in [6, 6.07) is 19.9. The molecule has 3 aromatic heterocycles. The van der Waals surface area contributed by atoms with Gasteiger partial charge in [0.15, 0.2) is 0 Å². The summed E-state index contributed by atoms with van der Waals surface area (Å²) in [5.41, 5.74) is 5.85. The number of para-hydroxylation sites is 1. The fraction of sp³-hybridized carbons (Fsp3) is 0.0909. The fourth-order valence-corrected chi connectivity index (χ4v) is 3.49. The first-order valence-corrected chi connectivity index (χ1v) is 9.45. The standard InChI is InChI=1S/C22H17N5O3/c28-18(27-29)10-11-19-25-26-22(30-19)17-12-15-14-8-4-5-9-16(14)23-21(15)20(24-17)13-6-2-1-3-7-13/h1-9,12,23,29H,10-11H2,(H,27,28). The van der Waals surface area contributed by atoms with E-state index < -0.39 is 5.91 Å². The number of aryl methyl sites for hydroxylation is 1. The minimum atomic E-state index is -0.514.